The molecule has 1 atom stereocenters. The number of halogens is 6. The van der Waals surface area contributed by atoms with Crippen LogP contribution >= 0.6 is 99.1 Å². The monoisotopic (exact) mass is 662 g/mol. The van der Waals surface area contributed by atoms with E-state index in [1.165, 1.54) is 0 Å². The highest BCUT2D eigenvalue weighted by molar-refractivity contribution is 9.25. The molecule has 11 heteroatoms. The van der Waals surface area contributed by atoms with Crippen LogP contribution in [0.4, 0.5) is 0 Å². The van der Waals surface area contributed by atoms with Crippen molar-refractivity contribution in [2.24, 2.45) is 10.8 Å². The number of phosphoric acid groups is 1. The van der Waals surface area contributed by atoms with Crippen molar-refractivity contribution in [1.29, 1.82) is 0 Å². The summed E-state index contributed by atoms with van der Waals surface area (Å²) in [4.78, 5) is 18.6. The first-order chi connectivity index (χ1) is 8.96. The molecule has 0 fully saturated rings. The molecule has 0 saturated carbocycles. The van der Waals surface area contributed by atoms with Crippen molar-refractivity contribution in [2.45, 2.75) is 39.7 Å². The molecule has 0 rings (SSSR count). The third kappa shape index (κ3) is 4.91. The lowest BCUT2D eigenvalue weighted by Crippen LogP contribution is -2.61. The van der Waals surface area contributed by atoms with Crippen molar-refractivity contribution in [1.82, 2.24) is 0 Å². The van der Waals surface area contributed by atoms with Gasteiger partial charge in [-0.05, 0) is 0 Å². The molecule has 0 aliphatic rings. The van der Waals surface area contributed by atoms with Gasteiger partial charge in [0, 0.05) is 16.2 Å². The van der Waals surface area contributed by atoms with Gasteiger partial charge in [-0.1, -0.05) is 119 Å². The van der Waals surface area contributed by atoms with Crippen LogP contribution in [0.15, 0.2) is 0 Å². The summed E-state index contributed by atoms with van der Waals surface area (Å²) in [6, 6.07) is 0. The number of rotatable bonds is 7. The van der Waals surface area contributed by atoms with E-state index in [2.05, 4.69) is 79.6 Å². The summed E-state index contributed by atoms with van der Waals surface area (Å²) in [6.45, 7) is 7.20. The second kappa shape index (κ2) is 7.58. The van der Waals surface area contributed by atoms with Gasteiger partial charge in [-0.25, -0.2) is 4.57 Å². The smallest absolute Gasteiger partial charge is 0.303 e. The lowest BCUT2D eigenvalue weighted by Gasteiger charge is -2.54. The molecule has 0 bridgehead atoms. The molecule has 4 nitrogen and oxygen atoms in total. The predicted molar refractivity (Wildman–Crippen MR) is 105 cm³/mol. The Morgan fingerprint density at radius 1 is 1.19 bits per heavy atom. The Bertz CT molecular complexity index is 426. The van der Waals surface area contributed by atoms with Crippen LogP contribution in [0.2, 0.25) is 0 Å². The van der Waals surface area contributed by atoms with Gasteiger partial charge in [0.2, 0.25) is 0 Å². The van der Waals surface area contributed by atoms with Crippen LogP contribution in [0.5, 0.6) is 0 Å². The first kappa shape index (κ1) is 23.8. The van der Waals surface area contributed by atoms with Crippen LogP contribution in [-0.2, 0) is 9.09 Å². The Morgan fingerprint density at radius 2 is 1.57 bits per heavy atom. The molecule has 0 radical (unpaired) electrons. The number of phosphoric ester groups is 1. The van der Waals surface area contributed by atoms with E-state index in [0.29, 0.717) is 5.33 Å². The predicted octanol–water partition coefficient (Wildman–Crippen LogP) is 6.08. The van der Waals surface area contributed by atoms with Crippen LogP contribution in [-0.4, -0.2) is 27.1 Å². The average molecular weight is 667 g/mol. The molecule has 0 aromatic rings. The maximum atomic E-state index is 11.5. The molecule has 0 saturated heterocycles. The summed E-state index contributed by atoms with van der Waals surface area (Å²) in [5, 5.41) is -1.30. The van der Waals surface area contributed by atoms with E-state index in [9.17, 15) is 14.4 Å². The lowest BCUT2D eigenvalue weighted by molar-refractivity contribution is -0.0102. The van der Waals surface area contributed by atoms with E-state index in [1.54, 1.807) is 13.8 Å². The number of hydrogen-bond donors (Lipinski definition) is 2. The topological polar surface area (TPSA) is 66.8 Å². The highest BCUT2D eigenvalue weighted by atomic mass is 79.9. The molecule has 0 aromatic heterocycles. The van der Waals surface area contributed by atoms with Crippen LogP contribution in [0, 0.1) is 10.8 Å². The Kier molecular flexibility index (Phi) is 8.59. The van der Waals surface area contributed by atoms with Crippen molar-refractivity contribution in [3.05, 3.63) is 0 Å². The highest BCUT2D eigenvalue weighted by Crippen LogP contribution is 2.66. The minimum Gasteiger partial charge on any atom is -0.303 e. The second-order valence-electron chi connectivity index (χ2n) is 5.79. The first-order valence-electron chi connectivity index (χ1n) is 5.63. The Labute approximate surface area is 172 Å². The van der Waals surface area contributed by atoms with Crippen molar-refractivity contribution in [2.75, 3.05) is 5.33 Å². The SMILES string of the molecule is CC(C)(CBr)C(Br)(Br)C(Cl)(OP(=O)(O)O)C(C)(C)C(Br)Br. The maximum absolute atomic E-state index is 11.5. The van der Waals surface area contributed by atoms with Gasteiger partial charge < -0.3 is 9.79 Å². The summed E-state index contributed by atoms with van der Waals surface area (Å²) < 4.78 is 15.0. The van der Waals surface area contributed by atoms with Crippen LogP contribution in [0.25, 0.3) is 0 Å². The van der Waals surface area contributed by atoms with E-state index in [-0.39, 0.29) is 3.74 Å². The third-order valence-corrected chi connectivity index (χ3v) is 12.1. The van der Waals surface area contributed by atoms with Crippen molar-refractivity contribution < 1.29 is 18.9 Å². The van der Waals surface area contributed by atoms with Gasteiger partial charge in [0.25, 0.3) is 0 Å². The van der Waals surface area contributed by atoms with Gasteiger partial charge in [-0.15, -0.1) is 0 Å². The van der Waals surface area contributed by atoms with Gasteiger partial charge in [-0.3, -0.25) is 4.52 Å². The summed E-state index contributed by atoms with van der Waals surface area (Å²) in [5.74, 6) is 0. The van der Waals surface area contributed by atoms with Gasteiger partial charge in [-0.2, -0.15) is 0 Å². The Hall–Kier alpha value is 2.80. The molecule has 2 N–H and O–H groups in total. The fraction of sp³-hybridized carbons (Fsp3) is 1.00. The van der Waals surface area contributed by atoms with Crippen LogP contribution in [0.1, 0.15) is 27.7 Å². The van der Waals surface area contributed by atoms with E-state index < -0.39 is 26.9 Å². The number of alkyl halides is 6. The molecule has 128 valence electrons. The van der Waals surface area contributed by atoms with Crippen LogP contribution in [0.3, 0.4) is 0 Å². The van der Waals surface area contributed by atoms with Crippen molar-refractivity contribution in [3.63, 3.8) is 0 Å². The standard InChI is InChI=1S/C10H17Br5ClO4P/c1-7(2,5-11)9(14,15)10(16,20-21(17,18)19)8(3,4)6(12)13/h6H,5H2,1-4H3,(H2,17,18,19). The zero-order valence-corrected chi connectivity index (χ0v) is 21.3. The summed E-state index contributed by atoms with van der Waals surface area (Å²) >= 11 is 23.8. The molecule has 0 spiro atoms. The zero-order valence-electron chi connectivity index (χ0n) is 11.7. The molecule has 0 aromatic carbocycles. The van der Waals surface area contributed by atoms with Crippen molar-refractivity contribution >= 4 is 99.1 Å². The van der Waals surface area contributed by atoms with Crippen LogP contribution < -0.4 is 0 Å². The maximum Gasteiger partial charge on any atom is 0.471 e. The minimum absolute atomic E-state index is 0.373. The van der Waals surface area contributed by atoms with E-state index in [4.69, 9.17) is 16.1 Å². The molecule has 1 unspecified atom stereocenters. The van der Waals surface area contributed by atoms with Gasteiger partial charge >= 0.3 is 7.82 Å². The first-order valence-corrected chi connectivity index (χ1v) is 12.1. The quantitative estimate of drug-likeness (QED) is 0.256. The second-order valence-corrected chi connectivity index (χ2v) is 14.6. The third-order valence-electron chi connectivity index (χ3n) is 3.21. The molecule has 21 heavy (non-hydrogen) atoms. The van der Waals surface area contributed by atoms with E-state index in [1.807, 2.05) is 13.8 Å². The van der Waals surface area contributed by atoms with Gasteiger partial charge in [0.05, 0.1) is 3.74 Å². The largest absolute Gasteiger partial charge is 0.471 e. The van der Waals surface area contributed by atoms with E-state index in [0.717, 1.165) is 0 Å². The number of hydrogen-bond acceptors (Lipinski definition) is 2. The average Bonchev–Trinajstić information content (AvgIpc) is 2.25. The Balaban J connectivity index is 6.27. The normalized spacial score (nSPS) is 18.0. The molecule has 0 amide bonds. The minimum atomic E-state index is -4.85. The highest BCUT2D eigenvalue weighted by Gasteiger charge is 2.67. The molecular formula is C10H17Br5ClO4P. The fourth-order valence-corrected chi connectivity index (χ4v) is 6.53. The molecular weight excluding hydrogens is 650 g/mol. The van der Waals surface area contributed by atoms with Gasteiger partial charge in [0.1, 0.15) is 3.23 Å². The van der Waals surface area contributed by atoms with Crippen molar-refractivity contribution in [3.8, 4) is 0 Å². The molecule has 0 aliphatic carbocycles. The van der Waals surface area contributed by atoms with E-state index >= 15 is 0 Å². The summed E-state index contributed by atoms with van der Waals surface area (Å²) in [7, 11) is -4.85. The summed E-state index contributed by atoms with van der Waals surface area (Å²) in [6.07, 6.45) is 0. The molecule has 0 aliphatic heterocycles. The zero-order chi connectivity index (χ0) is 17.5. The summed E-state index contributed by atoms with van der Waals surface area (Å²) in [5.41, 5.74) is -1.49. The fourth-order valence-electron chi connectivity index (χ4n) is 1.40. The molecule has 0 heterocycles. The lowest BCUT2D eigenvalue weighted by atomic mass is 9.77. The van der Waals surface area contributed by atoms with Gasteiger partial charge in [0.15, 0.2) is 5.06 Å². The Morgan fingerprint density at radius 3 is 1.81 bits per heavy atom.